The fourth-order valence-electron chi connectivity index (χ4n) is 2.44. The molecule has 0 atom stereocenters. The summed E-state index contributed by atoms with van der Waals surface area (Å²) in [6.07, 6.45) is 0. The third-order valence-corrected chi connectivity index (χ3v) is 4.89. The molecule has 0 spiro atoms. The van der Waals surface area contributed by atoms with Gasteiger partial charge in [-0.3, -0.25) is 0 Å². The molecule has 0 heterocycles. The Morgan fingerprint density at radius 1 is 1.00 bits per heavy atom. The largest absolute Gasteiger partial charge is 0.212 e. The minimum absolute atomic E-state index is 0. The molecule has 1 aromatic rings. The van der Waals surface area contributed by atoms with Crippen molar-refractivity contribution >= 4 is 14.0 Å². The molecule has 0 fully saturated rings. The molecule has 0 nitrogen and oxygen atoms in total. The second-order valence-corrected chi connectivity index (χ2v) is 10.2. The first-order valence-electron chi connectivity index (χ1n) is 6.35. The van der Waals surface area contributed by atoms with E-state index in [2.05, 4.69) is 66.8 Å². The van der Waals surface area contributed by atoms with E-state index in [0.29, 0.717) is 0 Å². The summed E-state index contributed by atoms with van der Waals surface area (Å²) < 4.78 is 0. The summed E-state index contributed by atoms with van der Waals surface area (Å²) >= 11 is 0. The van der Waals surface area contributed by atoms with Gasteiger partial charge in [0, 0.05) is 26.2 Å². The summed E-state index contributed by atoms with van der Waals surface area (Å²) in [5, 5.41) is 1.66. The molecular weight excluding hydrogens is 299 g/mol. The molecule has 0 radical (unpaired) electrons. The van der Waals surface area contributed by atoms with Crippen molar-refractivity contribution in [2.45, 2.75) is 65.5 Å². The van der Waals surface area contributed by atoms with Crippen LogP contribution in [-0.4, -0.2) is 8.80 Å². The molecule has 0 aromatic heterocycles. The third-order valence-electron chi connectivity index (χ3n) is 3.17. The average Bonchev–Trinajstić information content (AvgIpc) is 2.43. The molecular formula is C15H27SiZr-. The summed E-state index contributed by atoms with van der Waals surface area (Å²) in [6, 6.07) is 4.75. The van der Waals surface area contributed by atoms with E-state index in [4.69, 9.17) is 0 Å². The Kier molecular flexibility index (Phi) is 5.76. The van der Waals surface area contributed by atoms with Crippen LogP contribution in [0.25, 0.3) is 0 Å². The number of hydrogen-bond acceptors (Lipinski definition) is 0. The van der Waals surface area contributed by atoms with Crippen molar-refractivity contribution in [2.24, 2.45) is 0 Å². The molecule has 0 saturated carbocycles. The number of rotatable bonds is 1. The van der Waals surface area contributed by atoms with E-state index in [0.717, 1.165) is 0 Å². The predicted octanol–water partition coefficient (Wildman–Crippen LogP) is 3.69. The summed E-state index contributed by atoms with van der Waals surface area (Å²) in [5.74, 6) is 0. The normalized spacial score (nSPS) is 12.8. The molecule has 0 aliphatic carbocycles. The monoisotopic (exact) mass is 325 g/mol. The predicted molar refractivity (Wildman–Crippen MR) is 77.9 cm³/mol. The van der Waals surface area contributed by atoms with Gasteiger partial charge in [-0.1, -0.05) is 60.1 Å². The van der Waals surface area contributed by atoms with Crippen LogP contribution in [0.1, 0.15) is 52.7 Å². The molecule has 0 bridgehead atoms. The maximum Gasteiger partial charge on any atom is 0 e. The van der Waals surface area contributed by atoms with E-state index < -0.39 is 8.80 Å². The van der Waals surface area contributed by atoms with Gasteiger partial charge in [-0.05, 0) is 14.2 Å². The average molecular weight is 327 g/mol. The molecule has 0 N–H and O–H groups in total. The maximum atomic E-state index is 2.43. The second-order valence-electron chi connectivity index (χ2n) is 7.23. The van der Waals surface area contributed by atoms with E-state index >= 15 is 0 Å². The summed E-state index contributed by atoms with van der Waals surface area (Å²) in [7, 11) is -0.719. The summed E-state index contributed by atoms with van der Waals surface area (Å²) in [5.41, 5.74) is 3.72. The van der Waals surface area contributed by atoms with E-state index in [9.17, 15) is 0 Å². The van der Waals surface area contributed by atoms with Crippen LogP contribution in [0.15, 0.2) is 12.1 Å². The first-order valence-corrected chi connectivity index (χ1v) is 9.24. The summed E-state index contributed by atoms with van der Waals surface area (Å²) in [4.78, 5) is 0. The van der Waals surface area contributed by atoms with Crippen molar-refractivity contribution in [3.63, 3.8) is 0 Å². The first kappa shape index (κ1) is 17.4. The van der Waals surface area contributed by atoms with Gasteiger partial charge in [0.1, 0.15) is 0 Å². The SMILES string of the molecule is C[SiH](C)c1cc[c-](C(C)(C)C)c1C(C)(C)C.[Zr]. The van der Waals surface area contributed by atoms with Gasteiger partial charge in [-0.25, -0.2) is 11.3 Å². The summed E-state index contributed by atoms with van der Waals surface area (Å²) in [6.45, 7) is 18.9. The van der Waals surface area contributed by atoms with Crippen LogP contribution in [0.5, 0.6) is 0 Å². The van der Waals surface area contributed by atoms with Crippen molar-refractivity contribution in [3.8, 4) is 0 Å². The minimum Gasteiger partial charge on any atom is -0.212 e. The van der Waals surface area contributed by atoms with Crippen LogP contribution >= 0.6 is 0 Å². The number of hydrogen-bond donors (Lipinski definition) is 0. The van der Waals surface area contributed by atoms with Crippen LogP contribution in [-0.2, 0) is 37.0 Å². The van der Waals surface area contributed by atoms with Crippen LogP contribution in [0.4, 0.5) is 0 Å². The zero-order valence-corrected chi connectivity index (χ0v) is 16.3. The Labute approximate surface area is 128 Å². The molecule has 1 rings (SSSR count). The van der Waals surface area contributed by atoms with Crippen molar-refractivity contribution in [3.05, 3.63) is 23.3 Å². The Morgan fingerprint density at radius 2 is 1.47 bits per heavy atom. The molecule has 0 amide bonds. The zero-order chi connectivity index (χ0) is 12.7. The fraction of sp³-hybridized carbons (Fsp3) is 0.667. The molecule has 1 aromatic carbocycles. The van der Waals surface area contributed by atoms with Crippen LogP contribution in [0.2, 0.25) is 13.1 Å². The third kappa shape index (κ3) is 3.96. The van der Waals surface area contributed by atoms with Crippen LogP contribution < -0.4 is 5.19 Å². The Hall–Kier alpha value is 0.450. The Morgan fingerprint density at radius 3 is 1.76 bits per heavy atom. The van der Waals surface area contributed by atoms with Crippen LogP contribution in [0.3, 0.4) is 0 Å². The molecule has 0 unspecified atom stereocenters. The van der Waals surface area contributed by atoms with Gasteiger partial charge in [0.15, 0.2) is 0 Å². The maximum absolute atomic E-state index is 2.43. The van der Waals surface area contributed by atoms with Gasteiger partial charge in [0.2, 0.25) is 0 Å². The van der Waals surface area contributed by atoms with E-state index in [1.807, 2.05) is 0 Å². The molecule has 0 aliphatic rings. The van der Waals surface area contributed by atoms with Crippen molar-refractivity contribution in [2.75, 3.05) is 0 Å². The quantitative estimate of drug-likeness (QED) is 0.545. The van der Waals surface area contributed by atoms with Crippen molar-refractivity contribution in [1.82, 2.24) is 0 Å². The Balaban J connectivity index is 0.00000256. The molecule has 0 saturated heterocycles. The van der Waals surface area contributed by atoms with Gasteiger partial charge >= 0.3 is 0 Å². The minimum atomic E-state index is -0.719. The van der Waals surface area contributed by atoms with Gasteiger partial charge in [-0.15, -0.1) is 5.56 Å². The van der Waals surface area contributed by atoms with Crippen molar-refractivity contribution in [1.29, 1.82) is 0 Å². The topological polar surface area (TPSA) is 0 Å². The molecule has 17 heavy (non-hydrogen) atoms. The molecule has 2 heteroatoms. The van der Waals surface area contributed by atoms with Gasteiger partial charge in [0.25, 0.3) is 0 Å². The van der Waals surface area contributed by atoms with Crippen LogP contribution in [0, 0.1) is 0 Å². The second kappa shape index (κ2) is 5.61. The molecule has 96 valence electrons. The van der Waals surface area contributed by atoms with E-state index in [1.165, 1.54) is 0 Å². The first-order chi connectivity index (χ1) is 7.05. The van der Waals surface area contributed by atoms with Gasteiger partial charge in [0.05, 0.1) is 0 Å². The Bertz CT molecular complexity index is 361. The molecule has 0 aliphatic heterocycles. The zero-order valence-electron chi connectivity index (χ0n) is 12.7. The smallest absolute Gasteiger partial charge is 0 e. The van der Waals surface area contributed by atoms with E-state index in [-0.39, 0.29) is 37.0 Å². The van der Waals surface area contributed by atoms with Gasteiger partial charge < -0.3 is 0 Å². The van der Waals surface area contributed by atoms with Gasteiger partial charge in [-0.2, -0.15) is 11.6 Å². The van der Waals surface area contributed by atoms with E-state index in [1.54, 1.807) is 16.3 Å². The fourth-order valence-corrected chi connectivity index (χ4v) is 4.09. The standard InChI is InChI=1S/C15H27Si.Zr/c1-14(2,3)11-9-10-12(16(7)8)13(11)15(4,5)6;/h9-10,16H,1-8H3;/q-1;. The van der Waals surface area contributed by atoms with Crippen molar-refractivity contribution < 1.29 is 26.2 Å².